The van der Waals surface area contributed by atoms with Gasteiger partial charge in [0.15, 0.2) is 0 Å². The van der Waals surface area contributed by atoms with Gasteiger partial charge in [-0.15, -0.1) is 0 Å². The summed E-state index contributed by atoms with van der Waals surface area (Å²) in [5, 5.41) is 6.79. The number of para-hydroxylation sites is 1. The number of ether oxygens (including phenoxy) is 1. The van der Waals surface area contributed by atoms with Gasteiger partial charge in [0.2, 0.25) is 17.6 Å². The summed E-state index contributed by atoms with van der Waals surface area (Å²) in [5.41, 5.74) is 9.25. The number of rotatable bonds is 11. The molecule has 3 aliphatic rings. The van der Waals surface area contributed by atoms with Crippen molar-refractivity contribution in [2.45, 2.75) is 77.0 Å². The lowest BCUT2D eigenvalue weighted by molar-refractivity contribution is -0.159. The van der Waals surface area contributed by atoms with Crippen LogP contribution in [0.1, 0.15) is 58.4 Å². The minimum absolute atomic E-state index is 0.0553. The Morgan fingerprint density at radius 2 is 1.73 bits per heavy atom. The summed E-state index contributed by atoms with van der Waals surface area (Å²) in [6, 6.07) is 5.75. The van der Waals surface area contributed by atoms with Crippen LogP contribution >= 0.6 is 0 Å². The number of nitrogens with zero attached hydrogens (tertiary/aromatic N) is 4. The Hall–Kier alpha value is -3.82. The Kier molecular flexibility index (Phi) is 9.09. The quantitative estimate of drug-likeness (QED) is 0.185. The van der Waals surface area contributed by atoms with Crippen molar-refractivity contribution in [2.24, 2.45) is 12.5 Å². The highest BCUT2D eigenvalue weighted by atomic mass is 16.6. The zero-order valence-corrected chi connectivity index (χ0v) is 24.3. The van der Waals surface area contributed by atoms with Crippen molar-refractivity contribution in [3.63, 3.8) is 0 Å². The zero-order chi connectivity index (χ0) is 29.8. The fourth-order valence-electron chi connectivity index (χ4n) is 5.81. The number of amides is 2. The number of piperidine rings is 3. The van der Waals surface area contributed by atoms with E-state index in [1.54, 1.807) is 20.8 Å². The van der Waals surface area contributed by atoms with Crippen molar-refractivity contribution in [3.05, 3.63) is 41.6 Å². The molecule has 1 aromatic carbocycles. The van der Waals surface area contributed by atoms with E-state index in [9.17, 15) is 19.2 Å². The predicted molar refractivity (Wildman–Crippen MR) is 153 cm³/mol. The number of nitrogens with one attached hydrogen (secondary N) is 2. The second-order valence-corrected chi connectivity index (χ2v) is 12.2. The lowest BCUT2D eigenvalue weighted by atomic mass is 9.71. The van der Waals surface area contributed by atoms with Gasteiger partial charge >= 0.3 is 12.2 Å². The van der Waals surface area contributed by atoms with Crippen molar-refractivity contribution in [1.29, 1.82) is 0 Å². The van der Waals surface area contributed by atoms with E-state index in [1.807, 2.05) is 42.1 Å². The Labute approximate surface area is 240 Å². The Balaban J connectivity index is 1.60. The van der Waals surface area contributed by atoms with Gasteiger partial charge in [0.1, 0.15) is 17.7 Å². The molecular weight excluding hydrogens is 524 g/mol. The van der Waals surface area contributed by atoms with Crippen molar-refractivity contribution >= 4 is 40.7 Å². The molecule has 11 heteroatoms. The maximum Gasteiger partial charge on any atom is 0.329 e. The molecule has 0 spiro atoms. The van der Waals surface area contributed by atoms with E-state index in [-0.39, 0.29) is 25.2 Å². The van der Waals surface area contributed by atoms with Crippen LogP contribution < -0.4 is 10.6 Å². The monoisotopic (exact) mass is 564 g/mol. The van der Waals surface area contributed by atoms with Gasteiger partial charge in [0, 0.05) is 37.0 Å². The number of carbonyl (C=O) groups is 4. The van der Waals surface area contributed by atoms with Crippen molar-refractivity contribution in [1.82, 2.24) is 20.1 Å². The van der Waals surface area contributed by atoms with Crippen LogP contribution in [0, 0.1) is 5.41 Å². The van der Waals surface area contributed by atoms with Crippen LogP contribution in [0.4, 0.5) is 0 Å². The van der Waals surface area contributed by atoms with E-state index in [0.29, 0.717) is 0 Å². The summed E-state index contributed by atoms with van der Waals surface area (Å²) in [7, 11) is 1.93. The largest absolute Gasteiger partial charge is 0.458 e. The van der Waals surface area contributed by atoms with Crippen molar-refractivity contribution < 1.29 is 28.7 Å². The summed E-state index contributed by atoms with van der Waals surface area (Å²) in [5.74, 6) is -1.86. The second kappa shape index (κ2) is 12.4. The summed E-state index contributed by atoms with van der Waals surface area (Å²) in [6.07, 6.45) is 4.97. The number of fused-ring (bicyclic) bond motifs is 4. The average molecular weight is 565 g/mol. The first-order chi connectivity index (χ1) is 19.4. The maximum atomic E-state index is 13.9. The van der Waals surface area contributed by atoms with Gasteiger partial charge in [-0.2, -0.15) is 4.79 Å². The molecule has 1 aromatic heterocycles. The smallest absolute Gasteiger partial charge is 0.329 e. The van der Waals surface area contributed by atoms with Gasteiger partial charge < -0.3 is 30.4 Å². The maximum absolute atomic E-state index is 13.9. The van der Waals surface area contributed by atoms with Crippen LogP contribution in [0.15, 0.2) is 30.5 Å². The van der Waals surface area contributed by atoms with E-state index >= 15 is 0 Å². The molecule has 2 N–H and O–H groups in total. The number of aryl methyl sites for hydroxylation is 1. The first-order valence-corrected chi connectivity index (χ1v) is 14.2. The molecule has 0 aliphatic carbocycles. The fourth-order valence-corrected chi connectivity index (χ4v) is 5.81. The third-order valence-corrected chi connectivity index (χ3v) is 8.12. The summed E-state index contributed by atoms with van der Waals surface area (Å²) < 4.78 is 7.50. The van der Waals surface area contributed by atoms with Crippen LogP contribution in [0.25, 0.3) is 16.4 Å². The molecule has 0 unspecified atom stereocenters. The molecule has 4 heterocycles. The fraction of sp³-hybridized carbons (Fsp3) is 0.567. The molecule has 11 nitrogen and oxygen atoms in total. The highest BCUT2D eigenvalue weighted by Crippen LogP contribution is 2.40. The molecule has 5 rings (SSSR count). The van der Waals surface area contributed by atoms with E-state index < -0.39 is 40.8 Å². The van der Waals surface area contributed by atoms with Gasteiger partial charge in [-0.3, -0.25) is 14.4 Å². The number of Topliss-reactive ketones (excluding diaryl/α,β-unsaturated/α-hetero) is 1. The van der Waals surface area contributed by atoms with Crippen LogP contribution in [-0.2, 0) is 37.4 Å². The third kappa shape index (κ3) is 7.28. The first-order valence-electron chi connectivity index (χ1n) is 14.2. The molecule has 2 aromatic rings. The van der Waals surface area contributed by atoms with Crippen LogP contribution in [-0.4, -0.2) is 81.4 Å². The lowest BCUT2D eigenvalue weighted by Gasteiger charge is -2.47. The SMILES string of the molecule is Cn1cc(C[C@H](NC(=O)C23CCN(CC2)CC3)C(=O)N[C@@H](CCC(=O)C=[N+]=[N-])C(=O)OC(C)(C)C)c2ccccc21. The lowest BCUT2D eigenvalue weighted by Crippen LogP contribution is -2.59. The van der Waals surface area contributed by atoms with E-state index in [1.165, 1.54) is 0 Å². The van der Waals surface area contributed by atoms with Gasteiger partial charge in [-0.1, -0.05) is 18.2 Å². The van der Waals surface area contributed by atoms with Crippen molar-refractivity contribution in [3.8, 4) is 0 Å². The van der Waals surface area contributed by atoms with Gasteiger partial charge in [-0.05, 0) is 77.7 Å². The number of ketones is 1. The van der Waals surface area contributed by atoms with Crippen LogP contribution in [0.5, 0.6) is 0 Å². The summed E-state index contributed by atoms with van der Waals surface area (Å²) >= 11 is 0. The standard InChI is InChI=1S/C30H40N6O5/c1-29(2,3)41-27(39)23(10-9-21(37)18-32-31)33-26(38)24(17-20-19-35(4)25-8-6-5-7-22(20)25)34-28(40)30-11-14-36(15-12-30)16-13-30/h5-8,18-19,23-24H,9-17H2,1-4H3,(H,33,38)(H,34,40)/t23-,24-/m0/s1. The highest BCUT2D eigenvalue weighted by molar-refractivity contribution is 6.25. The number of carbonyl (C=O) groups excluding carboxylic acids is 4. The third-order valence-electron chi connectivity index (χ3n) is 8.12. The molecule has 0 radical (unpaired) electrons. The number of hydrogen-bond donors (Lipinski definition) is 2. The molecular formula is C30H40N6O5. The average Bonchev–Trinajstić information content (AvgIpc) is 3.25. The molecule has 2 atom stereocenters. The van der Waals surface area contributed by atoms with E-state index in [4.69, 9.17) is 10.3 Å². The topological polar surface area (TPSA) is 146 Å². The molecule has 41 heavy (non-hydrogen) atoms. The molecule has 2 amide bonds. The van der Waals surface area contributed by atoms with Gasteiger partial charge in [0.25, 0.3) is 0 Å². The molecule has 220 valence electrons. The first kappa shape index (κ1) is 30.1. The number of esters is 1. The van der Waals surface area contributed by atoms with Gasteiger partial charge in [0.05, 0.1) is 5.41 Å². The number of aromatic nitrogens is 1. The zero-order valence-electron chi connectivity index (χ0n) is 24.3. The molecule has 3 fully saturated rings. The van der Waals surface area contributed by atoms with Crippen LogP contribution in [0.2, 0.25) is 0 Å². The molecule has 3 aliphatic heterocycles. The molecule has 2 bridgehead atoms. The summed E-state index contributed by atoms with van der Waals surface area (Å²) in [4.78, 5) is 57.8. The Morgan fingerprint density at radius 1 is 1.07 bits per heavy atom. The van der Waals surface area contributed by atoms with Crippen LogP contribution in [0.3, 0.4) is 0 Å². The van der Waals surface area contributed by atoms with Crippen molar-refractivity contribution in [2.75, 3.05) is 19.6 Å². The Bertz CT molecular complexity index is 1350. The normalized spacial score (nSPS) is 21.4. The van der Waals surface area contributed by atoms with Gasteiger partial charge in [-0.25, -0.2) is 4.79 Å². The predicted octanol–water partition coefficient (Wildman–Crippen LogP) is 2.17. The number of hydrogen-bond acceptors (Lipinski definition) is 6. The summed E-state index contributed by atoms with van der Waals surface area (Å²) in [6.45, 7) is 7.72. The van der Waals surface area contributed by atoms with E-state index in [2.05, 4.69) is 20.3 Å². The highest BCUT2D eigenvalue weighted by Gasteiger charge is 2.46. The second-order valence-electron chi connectivity index (χ2n) is 12.2. The van der Waals surface area contributed by atoms with E-state index in [0.717, 1.165) is 61.6 Å². The minimum atomic E-state index is -1.14. The molecule has 3 saturated heterocycles. The number of benzene rings is 1. The molecule has 0 saturated carbocycles. The Morgan fingerprint density at radius 3 is 2.37 bits per heavy atom. The minimum Gasteiger partial charge on any atom is -0.458 e.